The predicted molar refractivity (Wildman–Crippen MR) is 97.9 cm³/mol. The van der Waals surface area contributed by atoms with Crippen LogP contribution in [-0.2, 0) is 24.8 Å². The van der Waals surface area contributed by atoms with Crippen LogP contribution in [0.1, 0.15) is 53.4 Å². The van der Waals surface area contributed by atoms with Crippen LogP contribution < -0.4 is 5.32 Å². The summed E-state index contributed by atoms with van der Waals surface area (Å²) in [5, 5.41) is 7.17. The quantitative estimate of drug-likeness (QED) is 0.782. The molecule has 0 spiro atoms. The van der Waals surface area contributed by atoms with Crippen LogP contribution in [0.15, 0.2) is 22.7 Å². The molecule has 1 amide bonds. The normalized spacial score (nSPS) is 16.1. The van der Waals surface area contributed by atoms with Gasteiger partial charge in [-0.25, -0.2) is 0 Å². The number of hydrogen-bond donors (Lipinski definition) is 1. The Labute approximate surface area is 154 Å². The van der Waals surface area contributed by atoms with Gasteiger partial charge in [0.05, 0.1) is 18.3 Å². The average molecular weight is 360 g/mol. The predicted octanol–water partition coefficient (Wildman–Crippen LogP) is 2.29. The number of ether oxygens (including phenoxy) is 1. The highest BCUT2D eigenvalue weighted by atomic mass is 16.5. The number of carbonyl (C=O) groups excluding carboxylic acids is 1. The van der Waals surface area contributed by atoms with Crippen LogP contribution >= 0.6 is 0 Å². The first-order valence-corrected chi connectivity index (χ1v) is 9.24. The molecule has 0 bridgehead atoms. The molecule has 0 aliphatic carbocycles. The van der Waals surface area contributed by atoms with Crippen molar-refractivity contribution in [2.45, 2.75) is 38.8 Å². The largest absolute Gasteiger partial charge is 0.456 e. The van der Waals surface area contributed by atoms with E-state index in [1.807, 2.05) is 19.2 Å². The van der Waals surface area contributed by atoms with Crippen LogP contribution in [0.3, 0.4) is 0 Å². The second-order valence-electron chi connectivity index (χ2n) is 6.76. The zero-order chi connectivity index (χ0) is 18.5. The number of aromatic nitrogens is 2. The number of nitrogens with one attached hydrogen (secondary N) is 1. The summed E-state index contributed by atoms with van der Waals surface area (Å²) in [6, 6.07) is 3.49. The highest BCUT2D eigenvalue weighted by Crippen LogP contribution is 2.22. The molecule has 0 unspecified atom stereocenters. The van der Waals surface area contributed by atoms with Crippen molar-refractivity contribution in [3.8, 4) is 0 Å². The molecule has 3 rings (SSSR count). The minimum Gasteiger partial charge on any atom is -0.456 e. The number of nitrogens with zero attached hydrogens (tertiary/aromatic N) is 3. The Balaban J connectivity index is 1.73. The van der Waals surface area contributed by atoms with Crippen molar-refractivity contribution in [3.63, 3.8) is 0 Å². The maximum absolute atomic E-state index is 12.8. The molecule has 1 N–H and O–H groups in total. The van der Waals surface area contributed by atoms with E-state index >= 15 is 0 Å². The Morgan fingerprint density at radius 1 is 1.42 bits per heavy atom. The Kier molecular flexibility index (Phi) is 6.11. The Morgan fingerprint density at radius 2 is 2.19 bits per heavy atom. The molecule has 1 saturated heterocycles. The van der Waals surface area contributed by atoms with E-state index in [4.69, 9.17) is 9.15 Å². The molecule has 0 aromatic carbocycles. The van der Waals surface area contributed by atoms with Gasteiger partial charge >= 0.3 is 0 Å². The smallest absolute Gasteiger partial charge is 0.287 e. The topological polar surface area (TPSA) is 72.5 Å². The molecular weight excluding hydrogens is 332 g/mol. The summed E-state index contributed by atoms with van der Waals surface area (Å²) >= 11 is 0. The zero-order valence-electron chi connectivity index (χ0n) is 15.8. The summed E-state index contributed by atoms with van der Waals surface area (Å²) in [5.41, 5.74) is 2.00. The average Bonchev–Trinajstić information content (AvgIpc) is 3.36. The molecule has 7 nitrogen and oxygen atoms in total. The van der Waals surface area contributed by atoms with Gasteiger partial charge in [-0.3, -0.25) is 14.4 Å². The zero-order valence-corrected chi connectivity index (χ0v) is 15.8. The Bertz CT molecular complexity index is 731. The fraction of sp³-hybridized carbons (Fsp3) is 0.579. The maximum atomic E-state index is 12.8. The molecule has 0 radical (unpaired) electrons. The summed E-state index contributed by atoms with van der Waals surface area (Å²) in [4.78, 5) is 15.2. The number of carbonyl (C=O) groups is 1. The molecule has 3 heterocycles. The SMILES string of the molecule is CCc1oc(C(=O)N[C@@H](COC)c2ccnn2C)cc1CN1CCCC1. The molecule has 26 heavy (non-hydrogen) atoms. The summed E-state index contributed by atoms with van der Waals surface area (Å²) in [6.07, 6.45) is 4.98. The Morgan fingerprint density at radius 3 is 2.81 bits per heavy atom. The molecule has 1 fully saturated rings. The summed E-state index contributed by atoms with van der Waals surface area (Å²) < 4.78 is 12.9. The lowest BCUT2D eigenvalue weighted by molar-refractivity contribution is 0.0863. The van der Waals surface area contributed by atoms with E-state index in [0.717, 1.165) is 43.1 Å². The lowest BCUT2D eigenvalue weighted by Crippen LogP contribution is -2.32. The summed E-state index contributed by atoms with van der Waals surface area (Å²) in [5.74, 6) is 1.03. The van der Waals surface area contributed by atoms with E-state index in [9.17, 15) is 4.79 Å². The Hall–Kier alpha value is -2.12. The van der Waals surface area contributed by atoms with Crippen LogP contribution in [0.5, 0.6) is 0 Å². The molecular formula is C19H28N4O3. The molecule has 142 valence electrons. The van der Waals surface area contributed by atoms with Gasteiger partial charge in [0.2, 0.25) is 0 Å². The number of hydrogen-bond acceptors (Lipinski definition) is 5. The van der Waals surface area contributed by atoms with Gasteiger partial charge in [0, 0.05) is 38.9 Å². The second-order valence-corrected chi connectivity index (χ2v) is 6.76. The van der Waals surface area contributed by atoms with Crippen molar-refractivity contribution in [3.05, 3.63) is 41.1 Å². The van der Waals surface area contributed by atoms with Gasteiger partial charge in [-0.1, -0.05) is 6.92 Å². The van der Waals surface area contributed by atoms with Crippen LogP contribution in [-0.4, -0.2) is 47.4 Å². The molecule has 1 atom stereocenters. The third kappa shape index (κ3) is 4.16. The third-order valence-corrected chi connectivity index (χ3v) is 4.89. The van der Waals surface area contributed by atoms with Gasteiger partial charge in [-0.15, -0.1) is 0 Å². The van der Waals surface area contributed by atoms with Gasteiger partial charge in [-0.05, 0) is 38.1 Å². The first-order valence-electron chi connectivity index (χ1n) is 9.24. The lowest BCUT2D eigenvalue weighted by Gasteiger charge is -2.17. The molecule has 0 saturated carbocycles. The molecule has 1 aliphatic rings. The van der Waals surface area contributed by atoms with Crippen LogP contribution in [0.4, 0.5) is 0 Å². The molecule has 2 aromatic heterocycles. The molecule has 2 aromatic rings. The summed E-state index contributed by atoms with van der Waals surface area (Å²) in [6.45, 7) is 5.51. The lowest BCUT2D eigenvalue weighted by atomic mass is 10.2. The van der Waals surface area contributed by atoms with Crippen molar-refractivity contribution in [1.29, 1.82) is 0 Å². The van der Waals surface area contributed by atoms with E-state index in [1.54, 1.807) is 18.0 Å². The number of likely N-dealkylation sites (tertiary alicyclic amines) is 1. The first-order chi connectivity index (χ1) is 12.6. The number of rotatable bonds is 8. The van der Waals surface area contributed by atoms with E-state index in [0.29, 0.717) is 12.4 Å². The van der Waals surface area contributed by atoms with Gasteiger partial charge in [-0.2, -0.15) is 5.10 Å². The van der Waals surface area contributed by atoms with Gasteiger partial charge in [0.15, 0.2) is 5.76 Å². The fourth-order valence-electron chi connectivity index (χ4n) is 3.52. The van der Waals surface area contributed by atoms with E-state index < -0.39 is 0 Å². The van der Waals surface area contributed by atoms with Gasteiger partial charge in [0.25, 0.3) is 5.91 Å². The van der Waals surface area contributed by atoms with Crippen LogP contribution in [0.25, 0.3) is 0 Å². The van der Waals surface area contributed by atoms with E-state index in [2.05, 4.69) is 22.2 Å². The minimum atomic E-state index is -0.280. The standard InChI is InChI=1S/C19H28N4O3/c1-4-17-14(12-23-9-5-6-10-23)11-18(26-17)19(24)21-15(13-25-3)16-7-8-20-22(16)2/h7-8,11,15H,4-6,9-10,12-13H2,1-3H3,(H,21,24)/t15-/m0/s1. The third-order valence-electron chi connectivity index (χ3n) is 4.89. The number of amides is 1. The highest BCUT2D eigenvalue weighted by molar-refractivity contribution is 5.92. The maximum Gasteiger partial charge on any atom is 0.287 e. The van der Waals surface area contributed by atoms with E-state index in [-0.39, 0.29) is 11.9 Å². The van der Waals surface area contributed by atoms with Crippen LogP contribution in [0, 0.1) is 0 Å². The van der Waals surface area contributed by atoms with Crippen molar-refractivity contribution in [2.24, 2.45) is 7.05 Å². The monoisotopic (exact) mass is 360 g/mol. The van der Waals surface area contributed by atoms with Gasteiger partial charge in [0.1, 0.15) is 5.76 Å². The molecule has 7 heteroatoms. The van der Waals surface area contributed by atoms with Gasteiger partial charge < -0.3 is 14.5 Å². The minimum absolute atomic E-state index is 0.226. The van der Waals surface area contributed by atoms with Crippen molar-refractivity contribution in [2.75, 3.05) is 26.8 Å². The fourth-order valence-corrected chi connectivity index (χ4v) is 3.52. The first kappa shape index (κ1) is 18.7. The van der Waals surface area contributed by atoms with Crippen molar-refractivity contribution >= 4 is 5.91 Å². The number of furan rings is 1. The summed E-state index contributed by atoms with van der Waals surface area (Å²) in [7, 11) is 3.46. The van der Waals surface area contributed by atoms with Crippen molar-refractivity contribution < 1.29 is 13.9 Å². The van der Waals surface area contributed by atoms with Crippen LogP contribution in [0.2, 0.25) is 0 Å². The number of aryl methyl sites for hydroxylation is 2. The second kappa shape index (κ2) is 8.51. The van der Waals surface area contributed by atoms with E-state index in [1.165, 1.54) is 12.8 Å². The van der Waals surface area contributed by atoms with Crippen molar-refractivity contribution in [1.82, 2.24) is 20.0 Å². The number of methoxy groups -OCH3 is 1. The molecule has 1 aliphatic heterocycles. The highest BCUT2D eigenvalue weighted by Gasteiger charge is 2.23.